The Kier molecular flexibility index (Phi) is 5.94. The Balaban J connectivity index is 1.62. The number of aromatic amines is 1. The van der Waals surface area contributed by atoms with E-state index in [-0.39, 0.29) is 17.2 Å². The van der Waals surface area contributed by atoms with Crippen LogP contribution < -0.4 is 5.32 Å². The van der Waals surface area contributed by atoms with Crippen molar-refractivity contribution in [2.24, 2.45) is 0 Å². The number of para-hydroxylation sites is 1. The van der Waals surface area contributed by atoms with Crippen molar-refractivity contribution in [1.82, 2.24) is 10.3 Å². The Morgan fingerprint density at radius 3 is 2.29 bits per heavy atom. The lowest BCUT2D eigenvalue weighted by Gasteiger charge is -2.22. The van der Waals surface area contributed by atoms with Crippen molar-refractivity contribution in [3.05, 3.63) is 107 Å². The molecular formula is C28H30N2O. The largest absolute Gasteiger partial charge is 0.361 e. The average molecular weight is 411 g/mol. The summed E-state index contributed by atoms with van der Waals surface area (Å²) in [6.07, 6.45) is 2.46. The molecule has 0 bridgehead atoms. The van der Waals surface area contributed by atoms with Gasteiger partial charge in [0.1, 0.15) is 0 Å². The second-order valence-corrected chi connectivity index (χ2v) is 9.18. The predicted molar refractivity (Wildman–Crippen MR) is 128 cm³/mol. The molecule has 1 aromatic heterocycles. The summed E-state index contributed by atoms with van der Waals surface area (Å²) in [6.45, 7) is 7.20. The fraction of sp³-hybridized carbons (Fsp3) is 0.250. The Morgan fingerprint density at radius 1 is 0.903 bits per heavy atom. The zero-order valence-electron chi connectivity index (χ0n) is 18.5. The molecule has 0 aliphatic rings. The van der Waals surface area contributed by atoms with Crippen molar-refractivity contribution in [3.63, 3.8) is 0 Å². The van der Waals surface area contributed by atoms with Crippen LogP contribution in [0, 0.1) is 0 Å². The minimum absolute atomic E-state index is 0.0130. The Bertz CT molecular complexity index is 1150. The van der Waals surface area contributed by atoms with Crippen molar-refractivity contribution in [3.8, 4) is 0 Å². The van der Waals surface area contributed by atoms with E-state index in [2.05, 4.69) is 79.7 Å². The smallest absolute Gasteiger partial charge is 0.221 e. The van der Waals surface area contributed by atoms with Crippen molar-refractivity contribution >= 4 is 16.8 Å². The van der Waals surface area contributed by atoms with E-state index in [4.69, 9.17) is 0 Å². The molecule has 4 rings (SSSR count). The van der Waals surface area contributed by atoms with Gasteiger partial charge in [-0.15, -0.1) is 0 Å². The molecule has 3 heteroatoms. The number of nitrogens with one attached hydrogen (secondary N) is 2. The van der Waals surface area contributed by atoms with Gasteiger partial charge in [-0.3, -0.25) is 4.79 Å². The summed E-state index contributed by atoms with van der Waals surface area (Å²) in [5.74, 6) is 0.0416. The minimum Gasteiger partial charge on any atom is -0.361 e. The van der Waals surface area contributed by atoms with Gasteiger partial charge < -0.3 is 10.3 Å². The molecule has 3 nitrogen and oxygen atoms in total. The molecule has 2 N–H and O–H groups in total. The summed E-state index contributed by atoms with van der Waals surface area (Å²) < 4.78 is 0. The molecule has 1 atom stereocenters. The van der Waals surface area contributed by atoms with Crippen molar-refractivity contribution in [1.29, 1.82) is 0 Å². The summed E-state index contributed by atoms with van der Waals surface area (Å²) in [4.78, 5) is 16.3. The van der Waals surface area contributed by atoms with Crippen LogP contribution in [0.25, 0.3) is 10.9 Å². The fourth-order valence-corrected chi connectivity index (χ4v) is 4.06. The summed E-state index contributed by atoms with van der Waals surface area (Å²) in [5.41, 5.74) is 5.92. The zero-order chi connectivity index (χ0) is 21.8. The Labute approximate surface area is 184 Å². The molecule has 0 spiro atoms. The molecule has 0 fully saturated rings. The number of fused-ring (bicyclic) bond motifs is 1. The molecule has 0 aliphatic heterocycles. The highest BCUT2D eigenvalue weighted by Crippen LogP contribution is 2.34. The van der Waals surface area contributed by atoms with E-state index in [1.54, 1.807) is 0 Å². The maximum atomic E-state index is 12.9. The number of hydrogen-bond acceptors (Lipinski definition) is 1. The van der Waals surface area contributed by atoms with Gasteiger partial charge in [-0.25, -0.2) is 0 Å². The lowest BCUT2D eigenvalue weighted by atomic mass is 9.83. The summed E-state index contributed by atoms with van der Waals surface area (Å²) in [6, 6.07) is 27.1. The predicted octanol–water partition coefficient (Wildman–Crippen LogP) is 6.30. The molecule has 1 heterocycles. The normalized spacial score (nSPS) is 12.6. The van der Waals surface area contributed by atoms with Gasteiger partial charge in [0.25, 0.3) is 0 Å². The zero-order valence-corrected chi connectivity index (χ0v) is 18.5. The number of benzene rings is 3. The van der Waals surface area contributed by atoms with Crippen LogP contribution in [0.1, 0.15) is 55.4 Å². The van der Waals surface area contributed by atoms with Gasteiger partial charge in [-0.1, -0.05) is 93.6 Å². The van der Waals surface area contributed by atoms with Gasteiger partial charge in [0.2, 0.25) is 5.91 Å². The van der Waals surface area contributed by atoms with Crippen LogP contribution in [0.15, 0.2) is 85.1 Å². The van der Waals surface area contributed by atoms with E-state index in [0.29, 0.717) is 13.0 Å². The third-order valence-electron chi connectivity index (χ3n) is 5.90. The SMILES string of the molecule is CC(C)(C)c1ccc([C@@H](CC(=O)NCc2ccccc2)c2c[nH]c3ccccc23)cc1. The van der Waals surface area contributed by atoms with E-state index in [9.17, 15) is 4.79 Å². The molecule has 158 valence electrons. The minimum atomic E-state index is -0.0130. The third kappa shape index (κ3) is 4.88. The van der Waals surface area contributed by atoms with E-state index in [1.807, 2.05) is 36.4 Å². The first kappa shape index (κ1) is 20.9. The number of carbonyl (C=O) groups excluding carboxylic acids is 1. The van der Waals surface area contributed by atoms with E-state index < -0.39 is 0 Å². The number of aromatic nitrogens is 1. The summed E-state index contributed by atoms with van der Waals surface area (Å²) >= 11 is 0. The van der Waals surface area contributed by atoms with Gasteiger partial charge >= 0.3 is 0 Å². The molecule has 4 aromatic rings. The molecular weight excluding hydrogens is 380 g/mol. The molecule has 0 aliphatic carbocycles. The molecule has 0 saturated heterocycles. The van der Waals surface area contributed by atoms with E-state index >= 15 is 0 Å². The Morgan fingerprint density at radius 2 is 1.58 bits per heavy atom. The monoisotopic (exact) mass is 410 g/mol. The van der Waals surface area contributed by atoms with Crippen LogP contribution in [0.3, 0.4) is 0 Å². The second kappa shape index (κ2) is 8.81. The Hall–Kier alpha value is -3.33. The summed E-state index contributed by atoms with van der Waals surface area (Å²) in [5, 5.41) is 4.27. The van der Waals surface area contributed by atoms with Gasteiger partial charge in [0.05, 0.1) is 0 Å². The maximum absolute atomic E-state index is 12.9. The molecule has 31 heavy (non-hydrogen) atoms. The standard InChI is InChI=1S/C28H30N2O/c1-28(2,3)22-15-13-21(14-16-22)24(25-19-29-26-12-8-7-11-23(25)26)17-27(31)30-18-20-9-5-4-6-10-20/h4-16,19,24,29H,17-18H2,1-3H3,(H,30,31)/t24-/m1/s1. The topological polar surface area (TPSA) is 44.9 Å². The molecule has 0 radical (unpaired) electrons. The number of amides is 1. The number of carbonyl (C=O) groups is 1. The van der Waals surface area contributed by atoms with Crippen LogP contribution in [0.5, 0.6) is 0 Å². The van der Waals surface area contributed by atoms with Crippen LogP contribution in [-0.4, -0.2) is 10.9 Å². The summed E-state index contributed by atoms with van der Waals surface area (Å²) in [7, 11) is 0. The molecule has 1 amide bonds. The van der Waals surface area contributed by atoms with E-state index in [0.717, 1.165) is 22.2 Å². The van der Waals surface area contributed by atoms with Crippen LogP contribution in [-0.2, 0) is 16.8 Å². The van der Waals surface area contributed by atoms with Gasteiger partial charge in [-0.05, 0) is 33.7 Å². The number of H-pyrrole nitrogens is 1. The van der Waals surface area contributed by atoms with Gasteiger partial charge in [0.15, 0.2) is 0 Å². The van der Waals surface area contributed by atoms with Gasteiger partial charge in [-0.2, -0.15) is 0 Å². The maximum Gasteiger partial charge on any atom is 0.221 e. The third-order valence-corrected chi connectivity index (χ3v) is 5.90. The first-order valence-corrected chi connectivity index (χ1v) is 10.9. The molecule has 3 aromatic carbocycles. The molecule has 0 saturated carbocycles. The highest BCUT2D eigenvalue weighted by Gasteiger charge is 2.22. The average Bonchev–Trinajstić information content (AvgIpc) is 3.20. The first-order valence-electron chi connectivity index (χ1n) is 10.9. The van der Waals surface area contributed by atoms with E-state index in [1.165, 1.54) is 10.9 Å². The quantitative estimate of drug-likeness (QED) is 0.385. The van der Waals surface area contributed by atoms with Crippen molar-refractivity contribution in [2.75, 3.05) is 0 Å². The van der Waals surface area contributed by atoms with Crippen LogP contribution in [0.2, 0.25) is 0 Å². The van der Waals surface area contributed by atoms with Crippen molar-refractivity contribution < 1.29 is 4.79 Å². The highest BCUT2D eigenvalue weighted by atomic mass is 16.1. The first-order chi connectivity index (χ1) is 14.9. The highest BCUT2D eigenvalue weighted by molar-refractivity contribution is 5.86. The number of rotatable bonds is 6. The lowest BCUT2D eigenvalue weighted by Crippen LogP contribution is -2.25. The number of hydrogen-bond donors (Lipinski definition) is 2. The lowest BCUT2D eigenvalue weighted by molar-refractivity contribution is -0.121. The van der Waals surface area contributed by atoms with Crippen molar-refractivity contribution in [2.45, 2.75) is 45.1 Å². The van der Waals surface area contributed by atoms with Crippen LogP contribution in [0.4, 0.5) is 0 Å². The van der Waals surface area contributed by atoms with Crippen LogP contribution >= 0.6 is 0 Å². The van der Waals surface area contributed by atoms with Gasteiger partial charge in [0, 0.05) is 36.0 Å². The molecule has 0 unspecified atom stereocenters. The fourth-order valence-electron chi connectivity index (χ4n) is 4.06. The second-order valence-electron chi connectivity index (χ2n) is 9.18.